The number of furan rings is 1. The summed E-state index contributed by atoms with van der Waals surface area (Å²) in [5.74, 6) is 0.939. The molecule has 3 aromatic rings. The first-order chi connectivity index (χ1) is 11.4. The van der Waals surface area contributed by atoms with Crippen LogP contribution in [0.3, 0.4) is 0 Å². The molecule has 0 aliphatic carbocycles. The molecule has 1 N–H and O–H groups in total. The molecule has 3 rings (SSSR count). The minimum Gasteiger partial charge on any atom is -0.466 e. The highest BCUT2D eigenvalue weighted by Gasteiger charge is 2.15. The number of amides is 1. The third-order valence-electron chi connectivity index (χ3n) is 3.38. The summed E-state index contributed by atoms with van der Waals surface area (Å²) in [6.07, 6.45) is 0. The van der Waals surface area contributed by atoms with Gasteiger partial charge in [0.25, 0.3) is 11.6 Å². The second kappa shape index (κ2) is 6.25. The molecule has 2 aromatic heterocycles. The van der Waals surface area contributed by atoms with E-state index in [9.17, 15) is 14.9 Å². The molecular weight excluding hydrogens is 330 g/mol. The normalized spacial score (nSPS) is 10.6. The molecule has 8 heteroatoms. The standard InChI is InChI=1S/C16H13N3O4S/c1-9-7-13(10(2)23-9)15(20)18-16-17-14(8-24-16)11-3-5-12(6-4-11)19(21)22/h3-8H,1-2H3,(H,17,18,20). The second-order valence-corrected chi connectivity index (χ2v) is 5.98. The van der Waals surface area contributed by atoms with E-state index in [-0.39, 0.29) is 11.6 Å². The van der Waals surface area contributed by atoms with Gasteiger partial charge in [-0.1, -0.05) is 0 Å². The van der Waals surface area contributed by atoms with Crippen molar-refractivity contribution in [3.05, 3.63) is 62.9 Å². The molecule has 0 saturated carbocycles. The van der Waals surface area contributed by atoms with E-state index in [1.807, 2.05) is 0 Å². The lowest BCUT2D eigenvalue weighted by Gasteiger charge is -2.00. The second-order valence-electron chi connectivity index (χ2n) is 5.12. The molecule has 0 unspecified atom stereocenters. The average Bonchev–Trinajstić information content (AvgIpc) is 3.13. The number of aromatic nitrogens is 1. The van der Waals surface area contributed by atoms with Crippen LogP contribution in [0.4, 0.5) is 10.8 Å². The first-order valence-corrected chi connectivity index (χ1v) is 7.91. The highest BCUT2D eigenvalue weighted by atomic mass is 32.1. The fraction of sp³-hybridized carbons (Fsp3) is 0.125. The average molecular weight is 343 g/mol. The van der Waals surface area contributed by atoms with Crippen molar-refractivity contribution >= 4 is 28.1 Å². The fourth-order valence-electron chi connectivity index (χ4n) is 2.24. The summed E-state index contributed by atoms with van der Waals surface area (Å²) < 4.78 is 5.35. The van der Waals surface area contributed by atoms with E-state index < -0.39 is 4.92 Å². The quantitative estimate of drug-likeness (QED) is 0.566. The van der Waals surface area contributed by atoms with Crippen LogP contribution >= 0.6 is 11.3 Å². The van der Waals surface area contributed by atoms with Crippen LogP contribution in [0.1, 0.15) is 21.9 Å². The summed E-state index contributed by atoms with van der Waals surface area (Å²) in [4.78, 5) is 26.8. The van der Waals surface area contributed by atoms with Crippen molar-refractivity contribution in [1.29, 1.82) is 0 Å². The maximum Gasteiger partial charge on any atom is 0.269 e. The van der Waals surface area contributed by atoms with E-state index in [1.54, 1.807) is 37.4 Å². The lowest BCUT2D eigenvalue weighted by Crippen LogP contribution is -2.11. The number of non-ortho nitro benzene ring substituents is 1. The number of anilines is 1. The third-order valence-corrected chi connectivity index (χ3v) is 4.14. The Hall–Kier alpha value is -3.00. The summed E-state index contributed by atoms with van der Waals surface area (Å²) in [7, 11) is 0. The summed E-state index contributed by atoms with van der Waals surface area (Å²) in [5.41, 5.74) is 1.88. The van der Waals surface area contributed by atoms with Crippen LogP contribution in [-0.2, 0) is 0 Å². The van der Waals surface area contributed by atoms with E-state index in [2.05, 4.69) is 10.3 Å². The van der Waals surface area contributed by atoms with Gasteiger partial charge < -0.3 is 4.42 Å². The Bertz CT molecular complexity index is 912. The van der Waals surface area contributed by atoms with Crippen LogP contribution in [0.2, 0.25) is 0 Å². The molecule has 1 aromatic carbocycles. The van der Waals surface area contributed by atoms with Crippen molar-refractivity contribution in [1.82, 2.24) is 4.98 Å². The van der Waals surface area contributed by atoms with E-state index >= 15 is 0 Å². The monoisotopic (exact) mass is 343 g/mol. The van der Waals surface area contributed by atoms with Crippen molar-refractivity contribution < 1.29 is 14.1 Å². The van der Waals surface area contributed by atoms with E-state index in [0.717, 1.165) is 5.56 Å². The van der Waals surface area contributed by atoms with Crippen LogP contribution in [-0.4, -0.2) is 15.8 Å². The Morgan fingerprint density at radius 2 is 2.00 bits per heavy atom. The molecule has 0 atom stereocenters. The number of hydrogen-bond donors (Lipinski definition) is 1. The lowest BCUT2D eigenvalue weighted by atomic mass is 10.1. The number of aryl methyl sites for hydroxylation is 2. The maximum atomic E-state index is 12.2. The first kappa shape index (κ1) is 15.9. The molecule has 0 radical (unpaired) electrons. The predicted octanol–water partition coefficient (Wildman–Crippen LogP) is 4.18. The Kier molecular flexibility index (Phi) is 4.13. The van der Waals surface area contributed by atoms with Gasteiger partial charge in [0.1, 0.15) is 11.5 Å². The molecular formula is C16H13N3O4S. The van der Waals surface area contributed by atoms with Gasteiger partial charge >= 0.3 is 0 Å². The van der Waals surface area contributed by atoms with Gasteiger partial charge in [-0.25, -0.2) is 4.98 Å². The Labute approximate surface area is 141 Å². The summed E-state index contributed by atoms with van der Waals surface area (Å²) in [6, 6.07) is 7.77. The number of nitro groups is 1. The van der Waals surface area contributed by atoms with Crippen molar-refractivity contribution in [2.24, 2.45) is 0 Å². The van der Waals surface area contributed by atoms with Gasteiger partial charge in [0.15, 0.2) is 5.13 Å². The molecule has 24 heavy (non-hydrogen) atoms. The highest BCUT2D eigenvalue weighted by molar-refractivity contribution is 7.14. The number of carbonyl (C=O) groups is 1. The van der Waals surface area contributed by atoms with Crippen LogP contribution in [0.5, 0.6) is 0 Å². The van der Waals surface area contributed by atoms with Gasteiger partial charge in [-0.05, 0) is 32.0 Å². The van der Waals surface area contributed by atoms with Gasteiger partial charge in [0, 0.05) is 23.1 Å². The van der Waals surface area contributed by atoms with Gasteiger partial charge in [0.2, 0.25) is 0 Å². The molecule has 0 aliphatic heterocycles. The zero-order chi connectivity index (χ0) is 17.3. The van der Waals surface area contributed by atoms with E-state index in [4.69, 9.17) is 4.42 Å². The van der Waals surface area contributed by atoms with Gasteiger partial charge in [-0.3, -0.25) is 20.2 Å². The fourth-order valence-corrected chi connectivity index (χ4v) is 2.95. The van der Waals surface area contributed by atoms with Crippen molar-refractivity contribution in [2.75, 3.05) is 5.32 Å². The minimum absolute atomic E-state index is 0.0216. The van der Waals surface area contributed by atoms with Gasteiger partial charge in [0.05, 0.1) is 16.2 Å². The lowest BCUT2D eigenvalue weighted by molar-refractivity contribution is -0.384. The third kappa shape index (κ3) is 3.18. The van der Waals surface area contributed by atoms with Crippen molar-refractivity contribution in [2.45, 2.75) is 13.8 Å². The smallest absolute Gasteiger partial charge is 0.269 e. The first-order valence-electron chi connectivity index (χ1n) is 7.03. The maximum absolute atomic E-state index is 12.2. The highest BCUT2D eigenvalue weighted by Crippen LogP contribution is 2.27. The molecule has 0 bridgehead atoms. The number of benzene rings is 1. The molecule has 7 nitrogen and oxygen atoms in total. The van der Waals surface area contributed by atoms with Crippen LogP contribution in [0, 0.1) is 24.0 Å². The largest absolute Gasteiger partial charge is 0.466 e. The molecule has 0 aliphatic rings. The van der Waals surface area contributed by atoms with Crippen molar-refractivity contribution in [3.63, 3.8) is 0 Å². The molecule has 1 amide bonds. The SMILES string of the molecule is Cc1cc(C(=O)Nc2nc(-c3ccc([N+](=O)[O-])cc3)cs2)c(C)o1. The summed E-state index contributed by atoms with van der Waals surface area (Å²) in [6.45, 7) is 3.51. The molecule has 0 spiro atoms. The van der Waals surface area contributed by atoms with Crippen LogP contribution in [0.25, 0.3) is 11.3 Å². The Balaban J connectivity index is 1.77. The van der Waals surface area contributed by atoms with E-state index in [0.29, 0.717) is 27.9 Å². The zero-order valence-electron chi connectivity index (χ0n) is 12.9. The number of nitrogens with one attached hydrogen (secondary N) is 1. The van der Waals surface area contributed by atoms with Crippen molar-refractivity contribution in [3.8, 4) is 11.3 Å². The number of nitrogens with zero attached hydrogens (tertiary/aromatic N) is 2. The number of thiazole rings is 1. The topological polar surface area (TPSA) is 98.3 Å². The Morgan fingerprint density at radius 3 is 2.58 bits per heavy atom. The van der Waals surface area contributed by atoms with E-state index in [1.165, 1.54) is 23.5 Å². The van der Waals surface area contributed by atoms with Gasteiger partial charge in [-0.2, -0.15) is 0 Å². The molecule has 0 fully saturated rings. The van der Waals surface area contributed by atoms with Gasteiger partial charge in [-0.15, -0.1) is 11.3 Å². The molecule has 2 heterocycles. The number of nitro benzene ring substituents is 1. The molecule has 0 saturated heterocycles. The van der Waals surface area contributed by atoms with Crippen LogP contribution in [0.15, 0.2) is 40.1 Å². The molecule has 122 valence electrons. The number of carbonyl (C=O) groups excluding carboxylic acids is 1. The number of hydrogen-bond acceptors (Lipinski definition) is 6. The summed E-state index contributed by atoms with van der Waals surface area (Å²) in [5, 5.41) is 15.6. The Morgan fingerprint density at radius 1 is 1.29 bits per heavy atom. The number of rotatable bonds is 4. The zero-order valence-corrected chi connectivity index (χ0v) is 13.7. The van der Waals surface area contributed by atoms with Crippen LogP contribution < -0.4 is 5.32 Å². The summed E-state index contributed by atoms with van der Waals surface area (Å²) >= 11 is 1.28. The predicted molar refractivity (Wildman–Crippen MR) is 90.3 cm³/mol. The minimum atomic E-state index is -0.453.